The summed E-state index contributed by atoms with van der Waals surface area (Å²) in [6, 6.07) is 16.1. The van der Waals surface area contributed by atoms with Gasteiger partial charge in [0.15, 0.2) is 0 Å². The number of benzene rings is 2. The van der Waals surface area contributed by atoms with E-state index in [0.717, 1.165) is 32.9 Å². The highest BCUT2D eigenvalue weighted by molar-refractivity contribution is 6.32. The number of pyridine rings is 1. The molecular weight excluding hydrogens is 586 g/mol. The predicted octanol–water partition coefficient (Wildman–Crippen LogP) is 5.84. The van der Waals surface area contributed by atoms with E-state index in [1.54, 1.807) is 31.5 Å². The molecule has 1 aliphatic carbocycles. The van der Waals surface area contributed by atoms with Crippen LogP contribution >= 0.6 is 11.6 Å². The van der Waals surface area contributed by atoms with Gasteiger partial charge in [-0.05, 0) is 84.0 Å². The van der Waals surface area contributed by atoms with Crippen LogP contribution in [0.1, 0.15) is 30.5 Å². The van der Waals surface area contributed by atoms with Crippen molar-refractivity contribution in [3.8, 4) is 5.75 Å². The van der Waals surface area contributed by atoms with Crippen LogP contribution in [0.2, 0.25) is 5.02 Å². The van der Waals surface area contributed by atoms with Gasteiger partial charge in [0, 0.05) is 31.4 Å². The van der Waals surface area contributed by atoms with Crippen molar-refractivity contribution < 1.29 is 29.1 Å². The summed E-state index contributed by atoms with van der Waals surface area (Å²) in [7, 11) is 1.60. The summed E-state index contributed by atoms with van der Waals surface area (Å²) in [4.78, 5) is 43.9. The number of hydrogen-bond acceptors (Lipinski definition) is 8. The molecule has 0 spiro atoms. The van der Waals surface area contributed by atoms with Crippen LogP contribution in [-0.4, -0.2) is 53.3 Å². The summed E-state index contributed by atoms with van der Waals surface area (Å²) in [6.07, 6.45) is 4.89. The molecule has 226 valence electrons. The molecule has 11 heteroatoms. The van der Waals surface area contributed by atoms with Crippen molar-refractivity contribution in [2.24, 2.45) is 17.8 Å². The summed E-state index contributed by atoms with van der Waals surface area (Å²) in [5.74, 6) is -2.16. The number of nitrogens with zero attached hydrogens (tertiary/aromatic N) is 3. The lowest BCUT2D eigenvalue weighted by atomic mass is 9.69. The Labute approximate surface area is 258 Å². The summed E-state index contributed by atoms with van der Waals surface area (Å²) in [5.41, 5.74) is 4.42. The summed E-state index contributed by atoms with van der Waals surface area (Å²) in [5, 5.41) is 21.6. The number of nitro benzene ring substituents is 1. The van der Waals surface area contributed by atoms with E-state index < -0.39 is 16.8 Å². The van der Waals surface area contributed by atoms with Crippen LogP contribution in [0.5, 0.6) is 5.75 Å². The Morgan fingerprint density at radius 3 is 2.73 bits per heavy atom. The maximum absolute atomic E-state index is 13.8. The topological polar surface area (TPSA) is 132 Å². The number of phenolic OH excluding ortho intramolecular Hbond substituents is 1. The number of anilines is 1. The number of nitro groups is 1. The summed E-state index contributed by atoms with van der Waals surface area (Å²) in [6.45, 7) is 0.585. The molecule has 10 nitrogen and oxygen atoms in total. The van der Waals surface area contributed by atoms with E-state index in [0.29, 0.717) is 30.9 Å². The monoisotopic (exact) mass is 615 g/mol. The fourth-order valence-electron chi connectivity index (χ4n) is 6.71. The Balaban J connectivity index is 1.29. The molecule has 0 saturated carbocycles. The van der Waals surface area contributed by atoms with Gasteiger partial charge in [-0.25, -0.2) is 4.90 Å². The van der Waals surface area contributed by atoms with Gasteiger partial charge in [0.1, 0.15) is 5.75 Å². The number of ether oxygens (including phenoxy) is 2. The normalized spacial score (nSPS) is 23.2. The standard InChI is InChI=1S/C33H30ClN3O7/c1-43-17-21-14-25-31(33(40)36(32(25)39)22-5-4-6-23(15-22)37(41)42)26-18-44-29(30(21)26)11-9-20(28-7-2-3-12-35-28)13-19-8-10-24(38)16-27(19)34/h2-8,10,12-13,15-16,25-26,29,31,38H,9,11,14,17-18H2,1H3/b20-13-/t25-,26+,29-,31-/m1/s1. The van der Waals surface area contributed by atoms with Crippen molar-refractivity contribution in [1.29, 1.82) is 0 Å². The number of hydrogen-bond donors (Lipinski definition) is 1. The average molecular weight is 616 g/mol. The van der Waals surface area contributed by atoms with Crippen molar-refractivity contribution in [1.82, 2.24) is 4.98 Å². The largest absolute Gasteiger partial charge is 0.508 e. The molecule has 2 saturated heterocycles. The maximum Gasteiger partial charge on any atom is 0.271 e. The highest BCUT2D eigenvalue weighted by Crippen LogP contribution is 2.51. The van der Waals surface area contributed by atoms with Gasteiger partial charge in [-0.1, -0.05) is 23.7 Å². The molecule has 2 fully saturated rings. The van der Waals surface area contributed by atoms with Gasteiger partial charge in [0.2, 0.25) is 11.8 Å². The molecule has 1 N–H and O–H groups in total. The highest BCUT2D eigenvalue weighted by Gasteiger charge is 2.57. The number of aromatic hydroxyl groups is 1. The van der Waals surface area contributed by atoms with Crippen LogP contribution in [0.25, 0.3) is 11.6 Å². The van der Waals surface area contributed by atoms with Crippen molar-refractivity contribution in [2.75, 3.05) is 25.2 Å². The average Bonchev–Trinajstić information content (AvgIpc) is 3.55. The van der Waals surface area contributed by atoms with Crippen LogP contribution in [0, 0.1) is 27.9 Å². The quantitative estimate of drug-likeness (QED) is 0.137. The number of phenols is 1. The second-order valence-electron chi connectivity index (χ2n) is 11.2. The van der Waals surface area contributed by atoms with Gasteiger partial charge in [0.25, 0.3) is 5.69 Å². The molecular formula is C33H30ClN3O7. The lowest BCUT2D eigenvalue weighted by Gasteiger charge is -2.31. The first-order valence-corrected chi connectivity index (χ1v) is 14.7. The third kappa shape index (κ3) is 5.52. The van der Waals surface area contributed by atoms with Crippen molar-refractivity contribution in [3.63, 3.8) is 0 Å². The molecule has 2 aromatic carbocycles. The number of non-ortho nitro benzene ring substituents is 1. The fourth-order valence-corrected chi connectivity index (χ4v) is 6.94. The van der Waals surface area contributed by atoms with Crippen LogP contribution < -0.4 is 4.90 Å². The third-order valence-corrected chi connectivity index (χ3v) is 8.94. The zero-order valence-corrected chi connectivity index (χ0v) is 24.6. The molecule has 4 atom stereocenters. The first-order valence-electron chi connectivity index (χ1n) is 14.3. The second kappa shape index (κ2) is 12.3. The number of rotatable bonds is 9. The van der Waals surface area contributed by atoms with Gasteiger partial charge in [-0.15, -0.1) is 0 Å². The molecule has 2 amide bonds. The minimum Gasteiger partial charge on any atom is -0.508 e. The van der Waals surface area contributed by atoms with E-state index in [-0.39, 0.29) is 47.6 Å². The number of carbonyl (C=O) groups excluding carboxylic acids is 2. The maximum atomic E-state index is 13.8. The Morgan fingerprint density at radius 1 is 1.16 bits per heavy atom. The number of aromatic nitrogens is 1. The predicted molar refractivity (Wildman–Crippen MR) is 164 cm³/mol. The minimum atomic E-state index is -0.621. The molecule has 3 heterocycles. The number of allylic oxidation sites excluding steroid dienone is 1. The lowest BCUT2D eigenvalue weighted by Crippen LogP contribution is -2.35. The SMILES string of the molecule is COCC1=C2[C@@H](CC/C(=C/c3ccc(O)cc3Cl)c3ccccn3)OC[C@@H]2[C@@H]2C(=O)N(c3cccc([N+](=O)[O-])c3)C(=O)[C@@H]2C1. The van der Waals surface area contributed by atoms with E-state index in [9.17, 15) is 24.8 Å². The van der Waals surface area contributed by atoms with Gasteiger partial charge < -0.3 is 14.6 Å². The molecule has 6 rings (SSSR count). The molecule has 3 aliphatic rings. The van der Waals surface area contributed by atoms with Crippen LogP contribution in [0.4, 0.5) is 11.4 Å². The molecule has 3 aromatic rings. The summed E-state index contributed by atoms with van der Waals surface area (Å²) >= 11 is 6.42. The smallest absolute Gasteiger partial charge is 0.271 e. The van der Waals surface area contributed by atoms with E-state index >= 15 is 0 Å². The zero-order valence-electron chi connectivity index (χ0n) is 23.9. The Hall–Kier alpha value is -4.38. The Morgan fingerprint density at radius 2 is 2.00 bits per heavy atom. The summed E-state index contributed by atoms with van der Waals surface area (Å²) < 4.78 is 11.9. The highest BCUT2D eigenvalue weighted by atomic mass is 35.5. The Kier molecular flexibility index (Phi) is 8.31. The first kappa shape index (κ1) is 29.7. The van der Waals surface area contributed by atoms with Crippen LogP contribution in [0.3, 0.4) is 0 Å². The molecule has 0 radical (unpaired) electrons. The Bertz CT molecular complexity index is 1690. The van der Waals surface area contributed by atoms with Gasteiger partial charge >= 0.3 is 0 Å². The number of carbonyl (C=O) groups is 2. The van der Waals surface area contributed by atoms with Crippen LogP contribution in [0.15, 0.2) is 78.0 Å². The molecule has 0 unspecified atom stereocenters. The van der Waals surface area contributed by atoms with Crippen molar-refractivity contribution >= 4 is 46.4 Å². The minimum absolute atomic E-state index is 0.0779. The van der Waals surface area contributed by atoms with Gasteiger partial charge in [-0.2, -0.15) is 0 Å². The van der Waals surface area contributed by atoms with E-state index in [2.05, 4.69) is 4.98 Å². The third-order valence-electron chi connectivity index (χ3n) is 8.61. The van der Waals surface area contributed by atoms with Gasteiger partial charge in [-0.3, -0.25) is 24.7 Å². The number of fused-ring (bicyclic) bond motifs is 3. The second-order valence-corrected chi connectivity index (χ2v) is 11.6. The van der Waals surface area contributed by atoms with E-state index in [1.165, 1.54) is 24.3 Å². The molecule has 44 heavy (non-hydrogen) atoms. The molecule has 1 aromatic heterocycles. The van der Waals surface area contributed by atoms with E-state index in [1.807, 2.05) is 24.3 Å². The fraction of sp³-hybridized carbons (Fsp3) is 0.303. The van der Waals surface area contributed by atoms with Crippen molar-refractivity contribution in [3.05, 3.63) is 104 Å². The number of halogens is 1. The van der Waals surface area contributed by atoms with Crippen molar-refractivity contribution in [2.45, 2.75) is 25.4 Å². The number of imide groups is 1. The number of amides is 2. The lowest BCUT2D eigenvalue weighted by molar-refractivity contribution is -0.384. The zero-order chi connectivity index (χ0) is 31.0. The molecule has 2 aliphatic heterocycles. The first-order chi connectivity index (χ1) is 21.3. The van der Waals surface area contributed by atoms with Gasteiger partial charge in [0.05, 0.1) is 52.5 Å². The van der Waals surface area contributed by atoms with E-state index in [4.69, 9.17) is 21.1 Å². The van der Waals surface area contributed by atoms with Crippen LogP contribution in [-0.2, 0) is 19.1 Å². The number of methoxy groups -OCH3 is 1. The molecule has 0 bridgehead atoms.